The highest BCUT2D eigenvalue weighted by atomic mass is 35.5. The maximum absolute atomic E-state index is 12.8. The Morgan fingerprint density at radius 2 is 1.79 bits per heavy atom. The fourth-order valence-electron chi connectivity index (χ4n) is 7.80. The van der Waals surface area contributed by atoms with E-state index in [1.807, 2.05) is 69.1 Å². The Balaban J connectivity index is 1.29. The number of carboxylic acids is 1. The van der Waals surface area contributed by atoms with Crippen LogP contribution in [0.3, 0.4) is 0 Å². The number of amides is 1. The van der Waals surface area contributed by atoms with Gasteiger partial charge in [-0.2, -0.15) is 0 Å². The molecule has 12 heteroatoms. The zero-order valence-electron chi connectivity index (χ0n) is 31.6. The number of carbonyl (C=O) groups excluding carboxylic acids is 1. The van der Waals surface area contributed by atoms with Gasteiger partial charge in [-0.25, -0.2) is 14.8 Å². The molecule has 2 aromatic carbocycles. The summed E-state index contributed by atoms with van der Waals surface area (Å²) in [6, 6.07) is 12.2. The maximum Gasteiger partial charge on any atom is 0.337 e. The number of halogens is 1. The number of hydrogen-bond acceptors (Lipinski definition) is 8. The molecule has 2 saturated heterocycles. The van der Waals surface area contributed by atoms with E-state index >= 15 is 0 Å². The number of nitrogens with zero attached hydrogens (tertiary/aromatic N) is 6. The minimum Gasteiger partial charge on any atom is -0.479 e. The number of aromatic nitrogens is 3. The molecule has 5 aromatic rings. The highest BCUT2D eigenvalue weighted by Crippen LogP contribution is 2.45. The second kappa shape index (κ2) is 14.8. The zero-order valence-corrected chi connectivity index (χ0v) is 33.2. The Hall–Kier alpha value is -3.87. The first-order valence-corrected chi connectivity index (χ1v) is 19.6. The van der Waals surface area contributed by atoms with Gasteiger partial charge in [0.05, 0.1) is 15.8 Å². The number of fused-ring (bicyclic) bond motifs is 2. The number of likely N-dealkylation sites (tertiary alicyclic amines) is 2. The molecule has 1 N–H and O–H groups in total. The summed E-state index contributed by atoms with van der Waals surface area (Å²) in [6.07, 6.45) is 5.18. The molecule has 53 heavy (non-hydrogen) atoms. The average Bonchev–Trinajstić information content (AvgIpc) is 3.66. The summed E-state index contributed by atoms with van der Waals surface area (Å²) >= 11 is 7.87. The number of aryl methyl sites for hydroxylation is 1. The van der Waals surface area contributed by atoms with Crippen LogP contribution in [-0.2, 0) is 20.9 Å². The number of carboxylic acid groups (broad SMARTS) is 1. The van der Waals surface area contributed by atoms with Gasteiger partial charge in [0.25, 0.3) is 0 Å². The minimum absolute atomic E-state index is 0.161. The molecule has 1 unspecified atom stereocenters. The lowest BCUT2D eigenvalue weighted by Gasteiger charge is -2.47. The van der Waals surface area contributed by atoms with E-state index in [2.05, 4.69) is 40.7 Å². The van der Waals surface area contributed by atoms with Crippen LogP contribution < -0.4 is 0 Å². The fraction of sp³-hybridized carbons (Fsp3) is 0.463. The van der Waals surface area contributed by atoms with Gasteiger partial charge in [-0.05, 0) is 115 Å². The van der Waals surface area contributed by atoms with Crippen LogP contribution in [0.2, 0.25) is 5.02 Å². The van der Waals surface area contributed by atoms with Gasteiger partial charge in [-0.3, -0.25) is 9.69 Å². The van der Waals surface area contributed by atoms with Crippen LogP contribution in [0, 0.1) is 6.92 Å². The summed E-state index contributed by atoms with van der Waals surface area (Å²) in [5.41, 5.74) is 6.42. The SMILES string of the molecule is CC(=O)N1CC(N2CCC(c3cn(CCN(C)C)c4ncc(-c5nc6cc(C)c(C(OC(C)(C)C)C(=O)O)c(-c7ccc(Cl)cc7)c6s5)cc34)CC2)C1. The van der Waals surface area contributed by atoms with E-state index in [-0.39, 0.29) is 5.91 Å². The monoisotopic (exact) mass is 756 g/mol. The van der Waals surface area contributed by atoms with E-state index in [0.717, 1.165) is 101 Å². The van der Waals surface area contributed by atoms with Gasteiger partial charge in [0.2, 0.25) is 5.91 Å². The summed E-state index contributed by atoms with van der Waals surface area (Å²) in [7, 11) is 4.18. The Labute approximate surface area is 320 Å². The Bertz CT molecular complexity index is 2160. The van der Waals surface area contributed by atoms with Crippen molar-refractivity contribution in [2.45, 2.75) is 77.7 Å². The van der Waals surface area contributed by atoms with Gasteiger partial charge in [0, 0.05) is 78.6 Å². The third kappa shape index (κ3) is 7.73. The summed E-state index contributed by atoms with van der Waals surface area (Å²) in [4.78, 5) is 41.5. The molecule has 1 atom stereocenters. The van der Waals surface area contributed by atoms with Crippen LogP contribution in [0.5, 0.6) is 0 Å². The summed E-state index contributed by atoms with van der Waals surface area (Å²) in [5.74, 6) is -0.475. The molecule has 0 spiro atoms. The van der Waals surface area contributed by atoms with Crippen molar-refractivity contribution in [3.63, 3.8) is 0 Å². The quantitative estimate of drug-likeness (QED) is 0.154. The van der Waals surface area contributed by atoms with Crippen LogP contribution in [0.4, 0.5) is 0 Å². The number of thiazole rings is 1. The van der Waals surface area contributed by atoms with Crippen LogP contribution in [0.1, 0.15) is 69.2 Å². The first-order chi connectivity index (χ1) is 25.2. The lowest BCUT2D eigenvalue weighted by Crippen LogP contribution is -2.61. The van der Waals surface area contributed by atoms with Crippen molar-refractivity contribution >= 4 is 56.1 Å². The molecule has 0 radical (unpaired) electrons. The van der Waals surface area contributed by atoms with E-state index in [1.165, 1.54) is 5.56 Å². The average molecular weight is 757 g/mol. The summed E-state index contributed by atoms with van der Waals surface area (Å²) in [5, 5.41) is 13.1. The highest BCUT2D eigenvalue weighted by Gasteiger charge is 2.36. The van der Waals surface area contributed by atoms with Crippen molar-refractivity contribution in [3.8, 4) is 21.7 Å². The molecule has 0 saturated carbocycles. The number of carbonyl (C=O) groups is 2. The molecule has 7 rings (SSSR count). The van der Waals surface area contributed by atoms with Gasteiger partial charge < -0.3 is 24.2 Å². The topological polar surface area (TPSA) is 104 Å². The molecule has 0 aliphatic carbocycles. The van der Waals surface area contributed by atoms with Crippen molar-refractivity contribution in [2.75, 3.05) is 46.8 Å². The molecule has 3 aromatic heterocycles. The van der Waals surface area contributed by atoms with Gasteiger partial charge in [0.15, 0.2) is 6.10 Å². The van der Waals surface area contributed by atoms with Gasteiger partial charge >= 0.3 is 5.97 Å². The largest absolute Gasteiger partial charge is 0.479 e. The summed E-state index contributed by atoms with van der Waals surface area (Å²) < 4.78 is 9.40. The first-order valence-electron chi connectivity index (χ1n) is 18.4. The lowest BCUT2D eigenvalue weighted by molar-refractivity contribution is -0.160. The van der Waals surface area contributed by atoms with Crippen molar-refractivity contribution in [1.29, 1.82) is 0 Å². The number of ether oxygens (including phenoxy) is 1. The lowest BCUT2D eigenvalue weighted by atomic mass is 9.88. The smallest absolute Gasteiger partial charge is 0.337 e. The van der Waals surface area contributed by atoms with Crippen molar-refractivity contribution in [1.82, 2.24) is 29.2 Å². The van der Waals surface area contributed by atoms with E-state index in [0.29, 0.717) is 22.5 Å². The Morgan fingerprint density at radius 3 is 2.42 bits per heavy atom. The van der Waals surface area contributed by atoms with Gasteiger partial charge in [-0.15, -0.1) is 11.3 Å². The third-order valence-electron chi connectivity index (χ3n) is 10.6. The highest BCUT2D eigenvalue weighted by molar-refractivity contribution is 7.22. The Kier molecular flexibility index (Phi) is 10.4. The molecule has 0 bridgehead atoms. The van der Waals surface area contributed by atoms with Crippen molar-refractivity contribution in [3.05, 3.63) is 70.5 Å². The molecule has 10 nitrogen and oxygen atoms in total. The zero-order chi connectivity index (χ0) is 37.8. The van der Waals surface area contributed by atoms with E-state index in [9.17, 15) is 14.7 Å². The number of hydrogen-bond donors (Lipinski definition) is 1. The van der Waals surface area contributed by atoms with Crippen LogP contribution in [0.15, 0.2) is 48.8 Å². The molecule has 280 valence electrons. The molecular formula is C41H49ClN6O4S. The number of pyridine rings is 1. The predicted molar refractivity (Wildman–Crippen MR) is 213 cm³/mol. The number of piperidine rings is 1. The standard InChI is InChI=1S/C41H49ClN6O4S/c1-24-18-33-37(35(27-8-10-29(42)11-9-27)34(24)36(40(50)51)52-41(3,4)5)53-39(44-33)28-19-31-32(23-47(17-16-45(6)7)38(31)43-20-28)26-12-14-46(15-13-26)30-21-48(22-30)25(2)49/h8-11,18-20,23,26,30,36H,12-17,21-22H2,1-7H3,(H,50,51). The number of aliphatic carboxylic acids is 1. The predicted octanol–water partition coefficient (Wildman–Crippen LogP) is 7.85. The fourth-order valence-corrected chi connectivity index (χ4v) is 9.03. The molecule has 2 aliphatic rings. The van der Waals surface area contributed by atoms with E-state index < -0.39 is 17.7 Å². The van der Waals surface area contributed by atoms with Crippen molar-refractivity contribution < 1.29 is 19.4 Å². The van der Waals surface area contributed by atoms with E-state index in [4.69, 9.17) is 26.3 Å². The second-order valence-corrected chi connectivity index (χ2v) is 17.3. The normalized spacial score (nSPS) is 16.9. The van der Waals surface area contributed by atoms with E-state index in [1.54, 1.807) is 18.3 Å². The van der Waals surface area contributed by atoms with Crippen LogP contribution in [-0.4, -0.2) is 105 Å². The second-order valence-electron chi connectivity index (χ2n) is 15.9. The number of rotatable bonds is 10. The molecule has 2 aliphatic heterocycles. The maximum atomic E-state index is 12.8. The van der Waals surface area contributed by atoms with Crippen molar-refractivity contribution in [2.24, 2.45) is 0 Å². The third-order valence-corrected chi connectivity index (χ3v) is 12.0. The summed E-state index contributed by atoms with van der Waals surface area (Å²) in [6.45, 7) is 14.6. The first kappa shape index (κ1) is 37.4. The molecule has 5 heterocycles. The Morgan fingerprint density at radius 1 is 1.09 bits per heavy atom. The van der Waals surface area contributed by atoms with Crippen LogP contribution in [0.25, 0.3) is 42.9 Å². The van der Waals surface area contributed by atoms with Crippen LogP contribution >= 0.6 is 22.9 Å². The van der Waals surface area contributed by atoms with Gasteiger partial charge in [-0.1, -0.05) is 23.7 Å². The molecule has 1 amide bonds. The number of benzene rings is 2. The number of likely N-dealkylation sites (N-methyl/N-ethyl adjacent to an activating group) is 1. The van der Waals surface area contributed by atoms with Gasteiger partial charge in [0.1, 0.15) is 10.7 Å². The molecule has 2 fully saturated rings. The molecular weight excluding hydrogens is 708 g/mol. The minimum atomic E-state index is -1.18.